The molecule has 1 amide bonds. The molecular formula is C22H26BrNO3S. The molecule has 1 saturated heterocycles. The Hall–Kier alpha value is -1.50. The van der Waals surface area contributed by atoms with Gasteiger partial charge in [-0.25, -0.2) is 0 Å². The molecule has 6 heteroatoms. The van der Waals surface area contributed by atoms with Gasteiger partial charge in [-0.2, -0.15) is 0 Å². The molecule has 150 valence electrons. The van der Waals surface area contributed by atoms with Crippen LogP contribution in [0.1, 0.15) is 24.8 Å². The normalized spacial score (nSPS) is 15.8. The maximum atomic E-state index is 12.4. The number of thioether (sulfide) groups is 1. The number of rotatable bonds is 8. The highest BCUT2D eigenvalue weighted by Gasteiger charge is 2.34. The van der Waals surface area contributed by atoms with Crippen LogP contribution in [0.3, 0.4) is 0 Å². The Morgan fingerprint density at radius 3 is 2.46 bits per heavy atom. The number of ether oxygens (including phenoxy) is 2. The van der Waals surface area contributed by atoms with E-state index in [0.717, 1.165) is 42.0 Å². The van der Waals surface area contributed by atoms with E-state index in [4.69, 9.17) is 9.47 Å². The van der Waals surface area contributed by atoms with Crippen LogP contribution >= 0.6 is 27.7 Å². The fourth-order valence-corrected chi connectivity index (χ4v) is 4.54. The van der Waals surface area contributed by atoms with Gasteiger partial charge in [-0.1, -0.05) is 28.1 Å². The van der Waals surface area contributed by atoms with E-state index in [9.17, 15) is 4.79 Å². The number of hydrogen-bond acceptors (Lipinski definition) is 4. The van der Waals surface area contributed by atoms with E-state index in [1.54, 1.807) is 18.9 Å². The van der Waals surface area contributed by atoms with E-state index in [2.05, 4.69) is 45.5 Å². The van der Waals surface area contributed by atoms with Crippen LogP contribution < -0.4 is 10.1 Å². The highest BCUT2D eigenvalue weighted by Crippen LogP contribution is 2.35. The van der Waals surface area contributed by atoms with Crippen LogP contribution in [-0.2, 0) is 14.9 Å². The van der Waals surface area contributed by atoms with E-state index in [1.165, 1.54) is 10.5 Å². The first-order chi connectivity index (χ1) is 13.6. The summed E-state index contributed by atoms with van der Waals surface area (Å²) in [4.78, 5) is 13.6. The number of benzene rings is 2. The third-order valence-corrected chi connectivity index (χ3v) is 6.73. The Morgan fingerprint density at radius 2 is 1.82 bits per heavy atom. The first kappa shape index (κ1) is 21.2. The quantitative estimate of drug-likeness (QED) is 0.570. The van der Waals surface area contributed by atoms with E-state index in [-0.39, 0.29) is 11.3 Å². The van der Waals surface area contributed by atoms with E-state index in [0.29, 0.717) is 13.0 Å². The molecule has 0 aromatic heterocycles. The first-order valence-electron chi connectivity index (χ1n) is 9.49. The average molecular weight is 464 g/mol. The van der Waals surface area contributed by atoms with Gasteiger partial charge in [0.2, 0.25) is 5.91 Å². The first-order valence-corrected chi connectivity index (χ1v) is 11.3. The van der Waals surface area contributed by atoms with Crippen molar-refractivity contribution < 1.29 is 14.3 Å². The van der Waals surface area contributed by atoms with Gasteiger partial charge in [-0.3, -0.25) is 4.79 Å². The standard InChI is InChI=1S/C22H26BrNO3S/c1-26-19-6-2-17(3-7-19)22(11-13-27-14-12-22)16-24-21(25)10-15-28-20-8-4-18(23)5-9-20/h2-9H,10-16H2,1H3,(H,24,25). The minimum absolute atomic E-state index is 0.0704. The van der Waals surface area contributed by atoms with Crippen LogP contribution in [0.4, 0.5) is 0 Å². The van der Waals surface area contributed by atoms with Gasteiger partial charge in [0.15, 0.2) is 0 Å². The molecule has 1 fully saturated rings. The second-order valence-corrected chi connectivity index (χ2v) is 9.03. The molecular weight excluding hydrogens is 438 g/mol. The molecule has 2 aromatic carbocycles. The molecule has 4 nitrogen and oxygen atoms in total. The van der Waals surface area contributed by atoms with Gasteiger partial charge in [0.05, 0.1) is 7.11 Å². The Morgan fingerprint density at radius 1 is 1.14 bits per heavy atom. The van der Waals surface area contributed by atoms with Crippen molar-refractivity contribution in [1.82, 2.24) is 5.32 Å². The zero-order chi connectivity index (χ0) is 19.8. The fraction of sp³-hybridized carbons (Fsp3) is 0.409. The monoisotopic (exact) mass is 463 g/mol. The fourth-order valence-electron chi connectivity index (χ4n) is 3.42. The third kappa shape index (κ3) is 5.75. The predicted octanol–water partition coefficient (Wildman–Crippen LogP) is 4.80. The summed E-state index contributed by atoms with van der Waals surface area (Å²) in [5, 5.41) is 3.17. The predicted molar refractivity (Wildman–Crippen MR) is 117 cm³/mol. The maximum Gasteiger partial charge on any atom is 0.220 e. The van der Waals surface area contributed by atoms with Crippen LogP contribution in [0, 0.1) is 0 Å². The maximum absolute atomic E-state index is 12.4. The van der Waals surface area contributed by atoms with E-state index in [1.807, 2.05) is 24.3 Å². The summed E-state index contributed by atoms with van der Waals surface area (Å²) < 4.78 is 11.9. The molecule has 0 unspecified atom stereocenters. The van der Waals surface area contributed by atoms with Crippen LogP contribution in [0.5, 0.6) is 5.75 Å². The summed E-state index contributed by atoms with van der Waals surface area (Å²) >= 11 is 5.14. The average Bonchev–Trinajstić information content (AvgIpc) is 2.74. The van der Waals surface area contributed by atoms with Crippen molar-refractivity contribution in [1.29, 1.82) is 0 Å². The van der Waals surface area contributed by atoms with Crippen molar-refractivity contribution >= 4 is 33.6 Å². The molecule has 28 heavy (non-hydrogen) atoms. The summed E-state index contributed by atoms with van der Waals surface area (Å²) in [6, 6.07) is 16.4. The lowest BCUT2D eigenvalue weighted by Crippen LogP contribution is -2.44. The van der Waals surface area contributed by atoms with E-state index < -0.39 is 0 Å². The molecule has 0 atom stereocenters. The van der Waals surface area contributed by atoms with Crippen molar-refractivity contribution in [2.45, 2.75) is 29.6 Å². The molecule has 0 bridgehead atoms. The SMILES string of the molecule is COc1ccc(C2(CNC(=O)CCSc3ccc(Br)cc3)CCOCC2)cc1. The smallest absolute Gasteiger partial charge is 0.220 e. The van der Waals surface area contributed by atoms with Gasteiger partial charge in [-0.15, -0.1) is 11.8 Å². The molecule has 1 aliphatic heterocycles. The molecule has 1 aliphatic rings. The van der Waals surface area contributed by atoms with Crippen LogP contribution in [0.15, 0.2) is 57.9 Å². The van der Waals surface area contributed by atoms with Crippen LogP contribution in [0.25, 0.3) is 0 Å². The van der Waals surface area contributed by atoms with Gasteiger partial charge in [0.1, 0.15) is 5.75 Å². The zero-order valence-electron chi connectivity index (χ0n) is 16.1. The number of halogens is 1. The summed E-state index contributed by atoms with van der Waals surface area (Å²) in [5.74, 6) is 1.72. The van der Waals surface area contributed by atoms with E-state index >= 15 is 0 Å². The van der Waals surface area contributed by atoms with Gasteiger partial charge in [0.25, 0.3) is 0 Å². The molecule has 2 aromatic rings. The van der Waals surface area contributed by atoms with Gasteiger partial charge >= 0.3 is 0 Å². The second-order valence-electron chi connectivity index (χ2n) is 6.95. The molecule has 1 N–H and O–H groups in total. The van der Waals surface area contributed by atoms with Gasteiger partial charge < -0.3 is 14.8 Å². The van der Waals surface area contributed by atoms with Gasteiger partial charge in [0, 0.05) is 46.7 Å². The highest BCUT2D eigenvalue weighted by molar-refractivity contribution is 9.10. The lowest BCUT2D eigenvalue weighted by atomic mass is 9.74. The Balaban J connectivity index is 1.54. The Bertz CT molecular complexity index is 758. The lowest BCUT2D eigenvalue weighted by molar-refractivity contribution is -0.121. The van der Waals surface area contributed by atoms with Crippen LogP contribution in [-0.4, -0.2) is 38.5 Å². The number of hydrogen-bond donors (Lipinski definition) is 1. The number of carbonyl (C=O) groups excluding carboxylic acids is 1. The molecule has 3 rings (SSSR count). The van der Waals surface area contributed by atoms with Crippen molar-refractivity contribution in [3.8, 4) is 5.75 Å². The second kappa shape index (κ2) is 10.3. The molecule has 0 radical (unpaired) electrons. The third-order valence-electron chi connectivity index (χ3n) is 5.19. The largest absolute Gasteiger partial charge is 0.497 e. The molecule has 0 spiro atoms. The van der Waals surface area contributed by atoms with Crippen molar-refractivity contribution in [2.24, 2.45) is 0 Å². The van der Waals surface area contributed by atoms with Gasteiger partial charge in [-0.05, 0) is 54.8 Å². The summed E-state index contributed by atoms with van der Waals surface area (Å²) in [6.07, 6.45) is 2.33. The summed E-state index contributed by atoms with van der Waals surface area (Å²) in [5.41, 5.74) is 1.17. The molecule has 0 saturated carbocycles. The summed E-state index contributed by atoms with van der Waals surface area (Å²) in [7, 11) is 1.67. The molecule has 1 heterocycles. The Labute approximate surface area is 179 Å². The number of methoxy groups -OCH3 is 1. The topological polar surface area (TPSA) is 47.6 Å². The highest BCUT2D eigenvalue weighted by atomic mass is 79.9. The number of nitrogens with one attached hydrogen (secondary N) is 1. The minimum atomic E-state index is -0.0704. The van der Waals surface area contributed by atoms with Crippen LogP contribution in [0.2, 0.25) is 0 Å². The summed E-state index contributed by atoms with van der Waals surface area (Å²) in [6.45, 7) is 2.09. The lowest BCUT2D eigenvalue weighted by Gasteiger charge is -2.38. The zero-order valence-corrected chi connectivity index (χ0v) is 18.5. The molecule has 0 aliphatic carbocycles. The Kier molecular flexibility index (Phi) is 7.82. The van der Waals surface area contributed by atoms with Crippen molar-refractivity contribution in [3.05, 3.63) is 58.6 Å². The minimum Gasteiger partial charge on any atom is -0.497 e. The van der Waals surface area contributed by atoms with Crippen molar-refractivity contribution in [3.63, 3.8) is 0 Å². The number of carbonyl (C=O) groups is 1. The van der Waals surface area contributed by atoms with Crippen molar-refractivity contribution in [2.75, 3.05) is 32.6 Å². The number of amides is 1.